The quantitative estimate of drug-likeness (QED) is 0.613. The number of benzene rings is 2. The van der Waals surface area contributed by atoms with E-state index in [2.05, 4.69) is 5.32 Å². The topological polar surface area (TPSA) is 101 Å². The number of amides is 1. The molecule has 176 valence electrons. The minimum absolute atomic E-state index is 0.0854. The predicted molar refractivity (Wildman–Crippen MR) is 115 cm³/mol. The summed E-state index contributed by atoms with van der Waals surface area (Å²) in [6.07, 6.45) is -2.95. The van der Waals surface area contributed by atoms with Gasteiger partial charge in [-0.2, -0.15) is 13.2 Å². The van der Waals surface area contributed by atoms with E-state index in [4.69, 9.17) is 11.6 Å². The highest BCUT2D eigenvalue weighted by molar-refractivity contribution is 7.92. The van der Waals surface area contributed by atoms with Crippen molar-refractivity contribution in [2.24, 2.45) is 0 Å². The molecule has 0 aliphatic heterocycles. The number of carbonyl (C=O) groups is 1. The molecule has 1 N–H and O–H groups in total. The molecular formula is C19H20ClF3N2O5S2. The number of nitrogens with one attached hydrogen (secondary N) is 1. The van der Waals surface area contributed by atoms with E-state index in [0.717, 1.165) is 18.6 Å². The first-order valence-electron chi connectivity index (χ1n) is 8.94. The van der Waals surface area contributed by atoms with E-state index >= 15 is 0 Å². The predicted octanol–water partition coefficient (Wildman–Crippen LogP) is 3.41. The summed E-state index contributed by atoms with van der Waals surface area (Å²) in [5, 5.41) is 2.25. The van der Waals surface area contributed by atoms with Crippen molar-refractivity contribution in [1.29, 1.82) is 0 Å². The number of hydrogen-bond donors (Lipinski definition) is 1. The Labute approximate surface area is 189 Å². The van der Waals surface area contributed by atoms with Crippen molar-refractivity contribution in [2.45, 2.75) is 24.0 Å². The first kappa shape index (κ1) is 25.9. The van der Waals surface area contributed by atoms with Crippen LogP contribution in [0.4, 0.5) is 18.9 Å². The number of carbonyl (C=O) groups excluding carboxylic acids is 1. The summed E-state index contributed by atoms with van der Waals surface area (Å²) >= 11 is 5.93. The van der Waals surface area contributed by atoms with E-state index in [0.29, 0.717) is 22.0 Å². The Morgan fingerprint density at radius 2 is 1.62 bits per heavy atom. The second kappa shape index (κ2) is 9.28. The van der Waals surface area contributed by atoms with Crippen LogP contribution in [0.3, 0.4) is 0 Å². The van der Waals surface area contributed by atoms with Crippen molar-refractivity contribution >= 4 is 43.1 Å². The first-order chi connectivity index (χ1) is 14.5. The van der Waals surface area contributed by atoms with Crippen LogP contribution >= 0.6 is 11.6 Å². The largest absolute Gasteiger partial charge is 0.416 e. The third-order valence-corrected chi connectivity index (χ3v) is 6.99. The minimum atomic E-state index is -4.74. The maximum atomic E-state index is 13.1. The molecule has 0 aliphatic rings. The van der Waals surface area contributed by atoms with E-state index < -0.39 is 55.8 Å². The molecule has 2 rings (SSSR count). The molecule has 0 radical (unpaired) electrons. The van der Waals surface area contributed by atoms with Crippen molar-refractivity contribution in [3.63, 3.8) is 0 Å². The molecule has 2 aromatic rings. The van der Waals surface area contributed by atoms with Crippen LogP contribution in [0.2, 0.25) is 5.02 Å². The van der Waals surface area contributed by atoms with Gasteiger partial charge in [0.15, 0.2) is 9.84 Å². The molecule has 1 amide bonds. The maximum Gasteiger partial charge on any atom is 0.416 e. The highest BCUT2D eigenvalue weighted by atomic mass is 35.5. The second-order valence-electron chi connectivity index (χ2n) is 7.06. The number of anilines is 1. The van der Waals surface area contributed by atoms with Gasteiger partial charge < -0.3 is 5.32 Å². The Bertz CT molecular complexity index is 1210. The number of alkyl halides is 3. The Kier molecular flexibility index (Phi) is 7.52. The monoisotopic (exact) mass is 512 g/mol. The molecule has 2 aromatic carbocycles. The van der Waals surface area contributed by atoms with Gasteiger partial charge >= 0.3 is 6.18 Å². The molecule has 13 heteroatoms. The second-order valence-corrected chi connectivity index (χ2v) is 11.4. The fourth-order valence-corrected chi connectivity index (χ4v) is 4.53. The zero-order chi connectivity index (χ0) is 24.5. The molecule has 0 fully saturated rings. The van der Waals surface area contributed by atoms with Gasteiger partial charge in [0.1, 0.15) is 6.54 Å². The van der Waals surface area contributed by atoms with Gasteiger partial charge in [0.25, 0.3) is 0 Å². The van der Waals surface area contributed by atoms with E-state index in [1.165, 1.54) is 24.3 Å². The van der Waals surface area contributed by atoms with Gasteiger partial charge in [-0.3, -0.25) is 9.10 Å². The van der Waals surface area contributed by atoms with E-state index in [1.807, 2.05) is 0 Å². The Hall–Kier alpha value is -2.31. The van der Waals surface area contributed by atoms with Gasteiger partial charge in [-0.05, 0) is 42.8 Å². The average Bonchev–Trinajstić information content (AvgIpc) is 2.64. The van der Waals surface area contributed by atoms with Crippen LogP contribution in [0.5, 0.6) is 0 Å². The Morgan fingerprint density at radius 3 is 2.09 bits per heavy atom. The van der Waals surface area contributed by atoms with Crippen molar-refractivity contribution < 1.29 is 34.8 Å². The summed E-state index contributed by atoms with van der Waals surface area (Å²) in [5.74, 6) is -0.802. The molecule has 0 saturated heterocycles. The maximum absolute atomic E-state index is 13.1. The number of sulfone groups is 1. The number of nitrogens with zero attached hydrogens (tertiary/aromatic N) is 1. The minimum Gasteiger partial charge on any atom is -0.348 e. The van der Waals surface area contributed by atoms with Crippen molar-refractivity contribution in [2.75, 3.05) is 23.4 Å². The van der Waals surface area contributed by atoms with E-state index in [1.54, 1.807) is 6.92 Å². The highest BCUT2D eigenvalue weighted by Gasteiger charge is 2.33. The van der Waals surface area contributed by atoms with Crippen LogP contribution in [0.25, 0.3) is 0 Å². The van der Waals surface area contributed by atoms with Crippen LogP contribution in [-0.2, 0) is 30.8 Å². The summed E-state index contributed by atoms with van der Waals surface area (Å²) in [6.45, 7) is 0.765. The summed E-state index contributed by atoms with van der Waals surface area (Å²) in [7, 11) is -7.57. The van der Waals surface area contributed by atoms with Crippen LogP contribution in [0, 0.1) is 0 Å². The lowest BCUT2D eigenvalue weighted by molar-refractivity contribution is -0.137. The summed E-state index contributed by atoms with van der Waals surface area (Å²) in [4.78, 5) is 12.6. The molecule has 7 nitrogen and oxygen atoms in total. The van der Waals surface area contributed by atoms with Crippen LogP contribution in [0.15, 0.2) is 47.4 Å². The van der Waals surface area contributed by atoms with Gasteiger partial charge in [-0.15, -0.1) is 0 Å². The SMILES string of the molecule is C[C@H](NC(=O)CN(c1cc(C(F)(F)F)ccc1Cl)S(C)(=O)=O)c1ccc(S(C)(=O)=O)cc1. The first-order valence-corrected chi connectivity index (χ1v) is 13.1. The van der Waals surface area contributed by atoms with Crippen molar-refractivity contribution in [1.82, 2.24) is 5.32 Å². The van der Waals surface area contributed by atoms with Gasteiger partial charge in [0.2, 0.25) is 15.9 Å². The third kappa shape index (κ3) is 6.59. The zero-order valence-electron chi connectivity index (χ0n) is 17.1. The Balaban J connectivity index is 2.27. The highest BCUT2D eigenvalue weighted by Crippen LogP contribution is 2.36. The van der Waals surface area contributed by atoms with Gasteiger partial charge in [0, 0.05) is 6.26 Å². The van der Waals surface area contributed by atoms with Crippen molar-refractivity contribution in [3.05, 3.63) is 58.6 Å². The van der Waals surface area contributed by atoms with E-state index in [9.17, 15) is 34.8 Å². The summed E-state index contributed by atoms with van der Waals surface area (Å²) in [6, 6.07) is 7.21. The molecule has 0 spiro atoms. The molecule has 0 heterocycles. The lowest BCUT2D eigenvalue weighted by atomic mass is 10.1. The molecule has 0 unspecified atom stereocenters. The summed E-state index contributed by atoms with van der Waals surface area (Å²) in [5.41, 5.74) is -1.07. The van der Waals surface area contributed by atoms with Gasteiger partial charge in [-0.1, -0.05) is 23.7 Å². The molecule has 0 saturated carbocycles. The zero-order valence-corrected chi connectivity index (χ0v) is 19.5. The number of halogens is 4. The van der Waals surface area contributed by atoms with Gasteiger partial charge in [-0.25, -0.2) is 16.8 Å². The van der Waals surface area contributed by atoms with Crippen LogP contribution < -0.4 is 9.62 Å². The van der Waals surface area contributed by atoms with Crippen LogP contribution in [-0.4, -0.2) is 41.8 Å². The van der Waals surface area contributed by atoms with E-state index in [-0.39, 0.29) is 9.92 Å². The molecular weight excluding hydrogens is 493 g/mol. The van der Waals surface area contributed by atoms with Crippen molar-refractivity contribution in [3.8, 4) is 0 Å². The molecule has 0 aliphatic carbocycles. The Morgan fingerprint density at radius 1 is 1.06 bits per heavy atom. The molecule has 0 aromatic heterocycles. The average molecular weight is 513 g/mol. The fourth-order valence-electron chi connectivity index (χ4n) is 2.77. The number of rotatable bonds is 7. The lowest BCUT2D eigenvalue weighted by Gasteiger charge is -2.25. The lowest BCUT2D eigenvalue weighted by Crippen LogP contribution is -2.41. The molecule has 32 heavy (non-hydrogen) atoms. The number of sulfonamides is 1. The van der Waals surface area contributed by atoms with Crippen LogP contribution in [0.1, 0.15) is 24.1 Å². The standard InChI is InChI=1S/C19H20ClF3N2O5S2/c1-12(13-4-7-15(8-5-13)31(2,27)28)24-18(26)11-25(32(3,29)30)17-10-14(19(21,22)23)6-9-16(17)20/h4-10,12H,11H2,1-3H3,(H,24,26)/t12-/m0/s1. The molecule has 0 bridgehead atoms. The number of hydrogen-bond acceptors (Lipinski definition) is 5. The fraction of sp³-hybridized carbons (Fsp3) is 0.316. The molecule has 1 atom stereocenters. The third-order valence-electron chi connectivity index (χ3n) is 4.42. The normalized spacial score (nSPS) is 13.5. The summed E-state index contributed by atoms with van der Waals surface area (Å²) < 4.78 is 87.2. The van der Waals surface area contributed by atoms with Gasteiger partial charge in [0.05, 0.1) is 33.5 Å². The smallest absolute Gasteiger partial charge is 0.348 e.